The number of hydrogen-bond donors (Lipinski definition) is 0. The van der Waals surface area contributed by atoms with Crippen molar-refractivity contribution in [3.05, 3.63) is 107 Å². The van der Waals surface area contributed by atoms with Gasteiger partial charge in [-0.3, -0.25) is 4.79 Å². The Balaban J connectivity index is 1.75. The van der Waals surface area contributed by atoms with Gasteiger partial charge in [-0.05, 0) is 43.2 Å². The molecule has 4 nitrogen and oxygen atoms in total. The lowest BCUT2D eigenvalue weighted by Gasteiger charge is -2.09. The lowest BCUT2D eigenvalue weighted by atomic mass is 10.1. The zero-order valence-corrected chi connectivity index (χ0v) is 17.0. The summed E-state index contributed by atoms with van der Waals surface area (Å²) < 4.78 is 7.45. The molecule has 0 radical (unpaired) electrons. The van der Waals surface area contributed by atoms with Crippen LogP contribution in [-0.4, -0.2) is 11.8 Å². The molecule has 0 aliphatic carbocycles. The summed E-state index contributed by atoms with van der Waals surface area (Å²) in [6, 6.07) is 26.1. The average molecular weight is 396 g/mol. The first kappa shape index (κ1) is 19.5. The highest BCUT2D eigenvalue weighted by Gasteiger charge is 2.27. The minimum atomic E-state index is -0.490. The largest absolute Gasteiger partial charge is 0.418 e. The number of ether oxygens (including phenoxy) is 1. The number of Topliss-reactive ketones (excluding diaryl/α,β-unsaturated/α-hetero) is 1. The third-order valence-corrected chi connectivity index (χ3v) is 5.09. The van der Waals surface area contributed by atoms with Crippen LogP contribution in [0.5, 0.6) is 5.75 Å². The first-order valence-electron chi connectivity index (χ1n) is 9.82. The van der Waals surface area contributed by atoms with Crippen LogP contribution in [0.25, 0.3) is 10.9 Å². The van der Waals surface area contributed by atoms with E-state index in [-0.39, 0.29) is 12.3 Å². The van der Waals surface area contributed by atoms with Crippen LogP contribution in [0, 0.1) is 13.8 Å². The Morgan fingerprint density at radius 1 is 0.833 bits per heavy atom. The van der Waals surface area contributed by atoms with Crippen molar-refractivity contribution in [3.8, 4) is 5.75 Å². The van der Waals surface area contributed by atoms with E-state index in [1.807, 2.05) is 80.6 Å². The molecule has 0 saturated carbocycles. The SMILES string of the molecule is Cc1ccc(C)c(OC(=O)c2ccc3ccccc3[n+]2CC(=O)c2ccccc2)c1. The van der Waals surface area contributed by atoms with Gasteiger partial charge in [-0.15, -0.1) is 0 Å². The van der Waals surface area contributed by atoms with Gasteiger partial charge in [0.15, 0.2) is 0 Å². The Morgan fingerprint density at radius 3 is 2.37 bits per heavy atom. The summed E-state index contributed by atoms with van der Waals surface area (Å²) in [5, 5.41) is 0.946. The summed E-state index contributed by atoms with van der Waals surface area (Å²) in [4.78, 5) is 26.0. The van der Waals surface area contributed by atoms with Crippen LogP contribution in [0.1, 0.15) is 32.0 Å². The molecule has 3 aromatic carbocycles. The highest BCUT2D eigenvalue weighted by Crippen LogP contribution is 2.21. The molecule has 30 heavy (non-hydrogen) atoms. The van der Waals surface area contributed by atoms with Gasteiger partial charge in [0.25, 0.3) is 5.69 Å². The number of rotatable bonds is 5. The fourth-order valence-electron chi connectivity index (χ4n) is 3.44. The van der Waals surface area contributed by atoms with Crippen molar-refractivity contribution in [2.45, 2.75) is 20.4 Å². The van der Waals surface area contributed by atoms with Crippen LogP contribution in [-0.2, 0) is 6.54 Å². The molecular formula is C26H22NO3+. The first-order chi connectivity index (χ1) is 14.5. The molecule has 0 aliphatic rings. The van der Waals surface area contributed by atoms with Crippen LogP contribution in [0.2, 0.25) is 0 Å². The van der Waals surface area contributed by atoms with Gasteiger partial charge in [-0.25, -0.2) is 4.79 Å². The number of fused-ring (bicyclic) bond motifs is 1. The van der Waals surface area contributed by atoms with Gasteiger partial charge < -0.3 is 4.74 Å². The van der Waals surface area contributed by atoms with E-state index in [9.17, 15) is 9.59 Å². The van der Waals surface area contributed by atoms with Crippen LogP contribution in [0.15, 0.2) is 84.9 Å². The van der Waals surface area contributed by atoms with E-state index in [1.54, 1.807) is 22.8 Å². The van der Waals surface area contributed by atoms with Gasteiger partial charge in [-0.2, -0.15) is 4.57 Å². The topological polar surface area (TPSA) is 47.2 Å². The summed E-state index contributed by atoms with van der Waals surface area (Å²) in [6.45, 7) is 3.89. The van der Waals surface area contributed by atoms with Gasteiger partial charge in [0.05, 0.1) is 0 Å². The van der Waals surface area contributed by atoms with E-state index in [0.29, 0.717) is 17.0 Å². The van der Waals surface area contributed by atoms with Crippen molar-refractivity contribution in [3.63, 3.8) is 0 Å². The number of pyridine rings is 1. The molecule has 1 heterocycles. The Bertz CT molecular complexity index is 1250. The second-order valence-electron chi connectivity index (χ2n) is 7.31. The molecule has 0 spiro atoms. The van der Waals surface area contributed by atoms with Crippen LogP contribution < -0.4 is 9.30 Å². The van der Waals surface area contributed by atoms with Gasteiger partial charge >= 0.3 is 5.97 Å². The molecule has 0 bridgehead atoms. The molecule has 0 aliphatic heterocycles. The fraction of sp³-hybridized carbons (Fsp3) is 0.115. The molecule has 1 aromatic heterocycles. The van der Waals surface area contributed by atoms with Crippen molar-refractivity contribution in [2.24, 2.45) is 0 Å². The highest BCUT2D eigenvalue weighted by atomic mass is 16.5. The maximum atomic E-state index is 13.1. The highest BCUT2D eigenvalue weighted by molar-refractivity contribution is 5.96. The number of aryl methyl sites for hydroxylation is 2. The van der Waals surface area contributed by atoms with E-state index in [2.05, 4.69) is 0 Å². The summed E-state index contributed by atoms with van der Waals surface area (Å²) in [5.74, 6) is -0.0397. The Morgan fingerprint density at radius 2 is 1.57 bits per heavy atom. The number of carbonyl (C=O) groups is 2. The number of ketones is 1. The number of aromatic nitrogens is 1. The molecule has 4 aromatic rings. The predicted octanol–water partition coefficient (Wildman–Crippen LogP) is 4.85. The summed E-state index contributed by atoms with van der Waals surface area (Å²) >= 11 is 0. The molecule has 148 valence electrons. The number of hydrogen-bond acceptors (Lipinski definition) is 3. The zero-order valence-electron chi connectivity index (χ0n) is 17.0. The van der Waals surface area contributed by atoms with Crippen LogP contribution >= 0.6 is 0 Å². The van der Waals surface area contributed by atoms with Crippen molar-refractivity contribution < 1.29 is 18.9 Å². The molecule has 0 N–H and O–H groups in total. The van der Waals surface area contributed by atoms with Crippen LogP contribution in [0.3, 0.4) is 0 Å². The van der Waals surface area contributed by atoms with Gasteiger partial charge in [0, 0.05) is 23.1 Å². The summed E-state index contributed by atoms with van der Waals surface area (Å²) in [5.41, 5.74) is 3.62. The minimum Gasteiger partial charge on any atom is -0.418 e. The maximum Gasteiger partial charge on any atom is 0.409 e. The molecule has 4 rings (SSSR count). The van der Waals surface area contributed by atoms with Crippen LogP contribution in [0.4, 0.5) is 0 Å². The molecule has 0 unspecified atom stereocenters. The third kappa shape index (κ3) is 3.98. The van der Waals surface area contributed by atoms with Gasteiger partial charge in [0.2, 0.25) is 17.8 Å². The first-order valence-corrected chi connectivity index (χ1v) is 9.82. The predicted molar refractivity (Wildman–Crippen MR) is 116 cm³/mol. The third-order valence-electron chi connectivity index (χ3n) is 5.09. The molecule has 0 fully saturated rings. The smallest absolute Gasteiger partial charge is 0.409 e. The maximum absolute atomic E-state index is 13.1. The summed E-state index contributed by atoms with van der Waals surface area (Å²) in [7, 11) is 0. The monoisotopic (exact) mass is 396 g/mol. The van der Waals surface area contributed by atoms with Crippen molar-refractivity contribution in [2.75, 3.05) is 0 Å². The minimum absolute atomic E-state index is 0.0442. The Kier molecular flexibility index (Phi) is 5.40. The van der Waals surface area contributed by atoms with Gasteiger partial charge in [0.1, 0.15) is 5.75 Å². The van der Waals surface area contributed by atoms with E-state index in [1.165, 1.54) is 0 Å². The normalized spacial score (nSPS) is 10.7. The molecule has 0 amide bonds. The number of carbonyl (C=O) groups excluding carboxylic acids is 2. The molecule has 0 atom stereocenters. The Hall–Kier alpha value is -3.79. The second-order valence-corrected chi connectivity index (χ2v) is 7.31. The summed E-state index contributed by atoms with van der Waals surface area (Å²) in [6.07, 6.45) is 0. The van der Waals surface area contributed by atoms with Crippen molar-refractivity contribution >= 4 is 22.7 Å². The van der Waals surface area contributed by atoms with Gasteiger partial charge in [-0.1, -0.05) is 54.6 Å². The number of nitrogens with zero attached hydrogens (tertiary/aromatic N) is 1. The number of esters is 1. The van der Waals surface area contributed by atoms with E-state index in [0.717, 1.165) is 22.0 Å². The zero-order chi connectivity index (χ0) is 21.1. The van der Waals surface area contributed by atoms with Crippen molar-refractivity contribution in [1.29, 1.82) is 0 Å². The number of benzene rings is 3. The second kappa shape index (κ2) is 8.29. The lowest BCUT2D eigenvalue weighted by molar-refractivity contribution is -0.659. The standard InChI is InChI=1S/C26H22NO3/c1-18-12-13-19(2)25(16-18)30-26(29)23-15-14-20-8-6-7-11-22(20)27(23)17-24(28)21-9-4-3-5-10-21/h3-16H,17H2,1-2H3/q+1. The van der Waals surface area contributed by atoms with E-state index >= 15 is 0 Å². The molecule has 0 saturated heterocycles. The fourth-order valence-corrected chi connectivity index (χ4v) is 3.44. The lowest BCUT2D eigenvalue weighted by Crippen LogP contribution is -2.45. The van der Waals surface area contributed by atoms with E-state index < -0.39 is 5.97 Å². The van der Waals surface area contributed by atoms with E-state index in [4.69, 9.17) is 4.74 Å². The molecular weight excluding hydrogens is 374 g/mol. The average Bonchev–Trinajstić information content (AvgIpc) is 2.77. The quantitative estimate of drug-likeness (QED) is 0.210. The van der Waals surface area contributed by atoms with Crippen molar-refractivity contribution in [1.82, 2.24) is 0 Å². The number of para-hydroxylation sites is 1. The Labute approximate surface area is 175 Å². The molecule has 4 heteroatoms.